The van der Waals surface area contributed by atoms with Gasteiger partial charge < -0.3 is 15.2 Å². The number of rotatable bonds is 7. The van der Waals surface area contributed by atoms with Crippen LogP contribution in [0.2, 0.25) is 0 Å². The van der Waals surface area contributed by atoms with Gasteiger partial charge >= 0.3 is 0 Å². The first-order valence-electron chi connectivity index (χ1n) is 9.04. The molecule has 0 unspecified atom stereocenters. The fourth-order valence-corrected chi connectivity index (χ4v) is 3.98. The molecule has 0 fully saturated rings. The number of primary amides is 1. The van der Waals surface area contributed by atoms with Gasteiger partial charge in [0.1, 0.15) is 23.7 Å². The molecule has 2 aromatic carbocycles. The minimum absolute atomic E-state index is 0.455. The van der Waals surface area contributed by atoms with Crippen LogP contribution in [0, 0.1) is 0 Å². The van der Waals surface area contributed by atoms with E-state index in [9.17, 15) is 4.79 Å². The molecule has 0 aliphatic rings. The van der Waals surface area contributed by atoms with Crippen LogP contribution in [-0.4, -0.2) is 36.4 Å². The van der Waals surface area contributed by atoms with E-state index in [1.165, 1.54) is 0 Å². The number of benzene rings is 2. The molecular formula is C22H19N3O3S. The van der Waals surface area contributed by atoms with E-state index in [2.05, 4.69) is 10.2 Å². The average molecular weight is 405 g/mol. The number of hydrogen-bond acceptors (Lipinski definition) is 6. The minimum Gasteiger partial charge on any atom is -0.490 e. The third kappa shape index (κ3) is 3.83. The molecule has 0 radical (unpaired) electrons. The van der Waals surface area contributed by atoms with Crippen molar-refractivity contribution in [2.75, 3.05) is 20.3 Å². The molecule has 146 valence electrons. The summed E-state index contributed by atoms with van der Waals surface area (Å²) in [6.07, 6.45) is 0. The predicted octanol–water partition coefficient (Wildman–Crippen LogP) is 4.15. The number of para-hydroxylation sites is 1. The van der Waals surface area contributed by atoms with Crippen LogP contribution >= 0.6 is 11.3 Å². The Morgan fingerprint density at radius 1 is 1.00 bits per heavy atom. The molecule has 2 aromatic heterocycles. The minimum atomic E-state index is -0.455. The highest BCUT2D eigenvalue weighted by Crippen LogP contribution is 2.38. The molecular weight excluding hydrogens is 386 g/mol. The highest BCUT2D eigenvalue weighted by atomic mass is 32.1. The van der Waals surface area contributed by atoms with Gasteiger partial charge in [0.25, 0.3) is 0 Å². The molecule has 1 amide bonds. The SMILES string of the molecule is COCCOc1ccccc1-c1nnc(-c2ccc(C(N)=O)cc2)c2ccsc12. The zero-order valence-electron chi connectivity index (χ0n) is 15.8. The molecule has 2 N–H and O–H groups in total. The van der Waals surface area contributed by atoms with Crippen LogP contribution in [0.15, 0.2) is 60.0 Å². The van der Waals surface area contributed by atoms with E-state index in [0.717, 1.165) is 38.4 Å². The number of thiophene rings is 1. The van der Waals surface area contributed by atoms with Crippen LogP contribution in [0.1, 0.15) is 10.4 Å². The number of ether oxygens (including phenoxy) is 2. The van der Waals surface area contributed by atoms with Crippen LogP contribution in [0.5, 0.6) is 5.75 Å². The molecule has 0 aliphatic carbocycles. The zero-order chi connectivity index (χ0) is 20.2. The van der Waals surface area contributed by atoms with Gasteiger partial charge in [0.05, 0.1) is 11.3 Å². The predicted molar refractivity (Wildman–Crippen MR) is 114 cm³/mol. The van der Waals surface area contributed by atoms with E-state index < -0.39 is 5.91 Å². The lowest BCUT2D eigenvalue weighted by atomic mass is 10.0. The summed E-state index contributed by atoms with van der Waals surface area (Å²) in [5.74, 6) is 0.288. The quantitative estimate of drug-likeness (QED) is 0.467. The van der Waals surface area contributed by atoms with Crippen molar-refractivity contribution in [1.29, 1.82) is 0 Å². The highest BCUT2D eigenvalue weighted by Gasteiger charge is 2.17. The van der Waals surface area contributed by atoms with Gasteiger partial charge in [0, 0.05) is 29.2 Å². The number of nitrogens with zero attached hydrogens (tertiary/aromatic N) is 2. The third-order valence-corrected chi connectivity index (χ3v) is 5.44. The number of methoxy groups -OCH3 is 1. The number of carbonyl (C=O) groups is 1. The van der Waals surface area contributed by atoms with Crippen LogP contribution < -0.4 is 10.5 Å². The molecule has 0 saturated carbocycles. The van der Waals surface area contributed by atoms with Gasteiger partial charge in [-0.25, -0.2) is 0 Å². The van der Waals surface area contributed by atoms with Crippen molar-refractivity contribution in [2.45, 2.75) is 0 Å². The Hall–Kier alpha value is -3.29. The van der Waals surface area contributed by atoms with E-state index in [1.807, 2.05) is 47.8 Å². The van der Waals surface area contributed by atoms with Crippen molar-refractivity contribution in [2.24, 2.45) is 5.73 Å². The number of aromatic nitrogens is 2. The molecule has 0 atom stereocenters. The Morgan fingerprint density at radius 3 is 2.52 bits per heavy atom. The van der Waals surface area contributed by atoms with E-state index >= 15 is 0 Å². The van der Waals surface area contributed by atoms with Crippen molar-refractivity contribution in [3.05, 3.63) is 65.5 Å². The van der Waals surface area contributed by atoms with Gasteiger partial charge in [-0.15, -0.1) is 21.5 Å². The fourth-order valence-electron chi connectivity index (χ4n) is 3.08. The smallest absolute Gasteiger partial charge is 0.248 e. The molecule has 0 saturated heterocycles. The van der Waals surface area contributed by atoms with Crippen LogP contribution in [0.4, 0.5) is 0 Å². The summed E-state index contributed by atoms with van der Waals surface area (Å²) >= 11 is 1.61. The Balaban J connectivity index is 1.77. The number of fused-ring (bicyclic) bond motifs is 1. The second kappa shape index (κ2) is 8.38. The summed E-state index contributed by atoms with van der Waals surface area (Å²) < 4.78 is 12.0. The lowest BCUT2D eigenvalue weighted by molar-refractivity contribution is 0.100. The Bertz CT molecular complexity index is 1160. The summed E-state index contributed by atoms with van der Waals surface area (Å²) in [7, 11) is 1.64. The number of hydrogen-bond donors (Lipinski definition) is 1. The van der Waals surface area contributed by atoms with Gasteiger partial charge in [-0.3, -0.25) is 4.79 Å². The maximum atomic E-state index is 11.3. The van der Waals surface area contributed by atoms with Crippen LogP contribution in [-0.2, 0) is 4.74 Å². The molecule has 0 bridgehead atoms. The number of carbonyl (C=O) groups excluding carboxylic acids is 1. The van der Waals surface area contributed by atoms with Crippen molar-refractivity contribution < 1.29 is 14.3 Å². The van der Waals surface area contributed by atoms with Gasteiger partial charge in [0.15, 0.2) is 0 Å². The average Bonchev–Trinajstić information content (AvgIpc) is 3.24. The summed E-state index contributed by atoms with van der Waals surface area (Å²) in [5, 5.41) is 12.0. The standard InChI is InChI=1S/C22H19N3O3S/c1-27-11-12-28-18-5-3-2-4-16(18)20-21-17(10-13-29-21)19(24-25-20)14-6-8-15(9-7-14)22(23)26/h2-10,13H,11-12H2,1H3,(H2,23,26). The Morgan fingerprint density at radius 2 is 1.76 bits per heavy atom. The topological polar surface area (TPSA) is 87.3 Å². The van der Waals surface area contributed by atoms with Crippen molar-refractivity contribution in [3.63, 3.8) is 0 Å². The molecule has 4 aromatic rings. The van der Waals surface area contributed by atoms with E-state index in [1.54, 1.807) is 30.6 Å². The summed E-state index contributed by atoms with van der Waals surface area (Å²) in [5.41, 5.74) is 9.10. The first-order valence-corrected chi connectivity index (χ1v) is 9.92. The number of amides is 1. The lowest BCUT2D eigenvalue weighted by Crippen LogP contribution is -2.10. The Labute approximate surface area is 171 Å². The van der Waals surface area contributed by atoms with E-state index in [-0.39, 0.29) is 0 Å². The monoisotopic (exact) mass is 405 g/mol. The largest absolute Gasteiger partial charge is 0.490 e. The normalized spacial score (nSPS) is 10.9. The summed E-state index contributed by atoms with van der Waals surface area (Å²) in [4.78, 5) is 11.3. The molecule has 0 aliphatic heterocycles. The lowest BCUT2D eigenvalue weighted by Gasteiger charge is -2.12. The fraction of sp³-hybridized carbons (Fsp3) is 0.136. The molecule has 7 heteroatoms. The maximum absolute atomic E-state index is 11.3. The van der Waals surface area contributed by atoms with E-state index in [4.69, 9.17) is 15.2 Å². The molecule has 4 rings (SSSR count). The van der Waals surface area contributed by atoms with Crippen molar-refractivity contribution in [3.8, 4) is 28.3 Å². The first-order chi connectivity index (χ1) is 14.2. The van der Waals surface area contributed by atoms with Crippen molar-refractivity contribution in [1.82, 2.24) is 10.2 Å². The van der Waals surface area contributed by atoms with Gasteiger partial charge in [-0.1, -0.05) is 24.3 Å². The van der Waals surface area contributed by atoms with Crippen LogP contribution in [0.3, 0.4) is 0 Å². The van der Waals surface area contributed by atoms with E-state index in [0.29, 0.717) is 18.8 Å². The van der Waals surface area contributed by atoms with Gasteiger partial charge in [-0.2, -0.15) is 0 Å². The van der Waals surface area contributed by atoms with Gasteiger partial charge in [-0.05, 0) is 35.7 Å². The zero-order valence-corrected chi connectivity index (χ0v) is 16.6. The third-order valence-electron chi connectivity index (χ3n) is 4.52. The summed E-state index contributed by atoms with van der Waals surface area (Å²) in [6, 6.07) is 16.9. The maximum Gasteiger partial charge on any atom is 0.248 e. The number of nitrogens with two attached hydrogens (primary N) is 1. The molecule has 6 nitrogen and oxygen atoms in total. The van der Waals surface area contributed by atoms with Gasteiger partial charge in [0.2, 0.25) is 5.91 Å². The first kappa shape index (κ1) is 19.0. The molecule has 29 heavy (non-hydrogen) atoms. The molecule has 0 spiro atoms. The summed E-state index contributed by atoms with van der Waals surface area (Å²) in [6.45, 7) is 0.966. The van der Waals surface area contributed by atoms with Crippen LogP contribution in [0.25, 0.3) is 32.6 Å². The second-order valence-corrected chi connectivity index (χ2v) is 7.26. The second-order valence-electron chi connectivity index (χ2n) is 6.34. The Kier molecular flexibility index (Phi) is 5.50. The van der Waals surface area contributed by atoms with Crippen molar-refractivity contribution >= 4 is 27.3 Å². The highest BCUT2D eigenvalue weighted by molar-refractivity contribution is 7.17. The molecule has 2 heterocycles.